The van der Waals surface area contributed by atoms with Crippen LogP contribution in [0.1, 0.15) is 11.1 Å². The predicted molar refractivity (Wildman–Crippen MR) is 147 cm³/mol. The number of nitro groups is 1. The molecule has 0 radical (unpaired) electrons. The van der Waals surface area contributed by atoms with Crippen molar-refractivity contribution in [3.8, 4) is 5.75 Å². The SMILES string of the molecule is O=C1NC(=O)N(c2ccc(Br)cc2)C(=O)/C1=C/c1cc(Br)c(OCc2ccc([N+](=O)[O-])cc2)c(I)c1. The molecule has 0 aliphatic carbocycles. The first-order chi connectivity index (χ1) is 17.1. The van der Waals surface area contributed by atoms with Crippen LogP contribution in [0.2, 0.25) is 0 Å². The number of urea groups is 1. The summed E-state index contributed by atoms with van der Waals surface area (Å²) in [4.78, 5) is 49.2. The van der Waals surface area contributed by atoms with E-state index in [0.717, 1.165) is 14.9 Å². The summed E-state index contributed by atoms with van der Waals surface area (Å²) in [6.45, 7) is 0.179. The second-order valence-corrected chi connectivity index (χ2v) is 10.4. The molecule has 0 bridgehead atoms. The molecule has 182 valence electrons. The van der Waals surface area contributed by atoms with Crippen molar-refractivity contribution in [1.82, 2.24) is 5.32 Å². The maximum absolute atomic E-state index is 13.1. The number of carbonyl (C=O) groups is 3. The minimum atomic E-state index is -0.824. The summed E-state index contributed by atoms with van der Waals surface area (Å²) in [5.41, 5.74) is 1.41. The summed E-state index contributed by atoms with van der Waals surface area (Å²) in [5, 5.41) is 13.0. The van der Waals surface area contributed by atoms with Gasteiger partial charge in [-0.25, -0.2) is 9.69 Å². The molecule has 12 heteroatoms. The maximum Gasteiger partial charge on any atom is 0.335 e. The second-order valence-electron chi connectivity index (χ2n) is 7.46. The largest absolute Gasteiger partial charge is 0.487 e. The first-order valence-corrected chi connectivity index (χ1v) is 12.8. The van der Waals surface area contributed by atoms with Gasteiger partial charge >= 0.3 is 6.03 Å². The highest BCUT2D eigenvalue weighted by Gasteiger charge is 2.36. The standard InChI is InChI=1S/C24H14Br2IN3O6/c25-15-3-7-16(8-4-15)29-23(32)18(22(31)28-24(29)33)9-14-10-19(26)21(20(27)11-14)36-12-13-1-5-17(6-2-13)30(34)35/h1-11H,12H2,(H,28,31,33)/b18-9+. The van der Waals surface area contributed by atoms with Crippen molar-refractivity contribution in [2.75, 3.05) is 4.90 Å². The summed E-state index contributed by atoms with van der Waals surface area (Å²) >= 11 is 8.83. The molecule has 1 N–H and O–H groups in total. The van der Waals surface area contributed by atoms with Crippen LogP contribution in [0.3, 0.4) is 0 Å². The zero-order valence-electron chi connectivity index (χ0n) is 18.0. The Labute approximate surface area is 235 Å². The van der Waals surface area contributed by atoms with Crippen LogP contribution >= 0.6 is 54.5 Å². The van der Waals surface area contributed by atoms with Crippen LogP contribution in [-0.2, 0) is 16.2 Å². The van der Waals surface area contributed by atoms with E-state index in [-0.39, 0.29) is 17.9 Å². The minimum absolute atomic E-state index is 0.00593. The number of ether oxygens (including phenoxy) is 1. The Bertz CT molecular complexity index is 1400. The van der Waals surface area contributed by atoms with Gasteiger partial charge in [0.15, 0.2) is 0 Å². The van der Waals surface area contributed by atoms with Crippen LogP contribution in [-0.4, -0.2) is 22.8 Å². The Morgan fingerprint density at radius 1 is 1.03 bits per heavy atom. The van der Waals surface area contributed by atoms with E-state index in [2.05, 4.69) is 59.8 Å². The molecule has 4 rings (SSSR count). The van der Waals surface area contributed by atoms with Crippen molar-refractivity contribution in [3.05, 3.63) is 100.0 Å². The molecule has 9 nitrogen and oxygen atoms in total. The molecule has 1 heterocycles. The maximum atomic E-state index is 13.1. The van der Waals surface area contributed by atoms with Crippen molar-refractivity contribution < 1.29 is 24.0 Å². The number of carbonyl (C=O) groups excluding carboxylic acids is 3. The average Bonchev–Trinajstić information content (AvgIpc) is 2.82. The summed E-state index contributed by atoms with van der Waals surface area (Å²) < 4.78 is 7.94. The first-order valence-electron chi connectivity index (χ1n) is 10.2. The van der Waals surface area contributed by atoms with Crippen molar-refractivity contribution in [2.45, 2.75) is 6.61 Å². The summed E-state index contributed by atoms with van der Waals surface area (Å²) in [5.74, 6) is -0.999. The van der Waals surface area contributed by atoms with Gasteiger partial charge in [0.2, 0.25) is 0 Å². The molecule has 0 saturated carbocycles. The molecule has 1 fully saturated rings. The van der Waals surface area contributed by atoms with Gasteiger partial charge in [0.1, 0.15) is 17.9 Å². The molecule has 0 atom stereocenters. The summed E-state index contributed by atoms with van der Waals surface area (Å²) in [7, 11) is 0. The number of non-ortho nitro benzene ring substituents is 1. The number of anilines is 1. The molecule has 1 aliphatic rings. The van der Waals surface area contributed by atoms with Crippen molar-refractivity contribution in [1.29, 1.82) is 0 Å². The lowest BCUT2D eigenvalue weighted by molar-refractivity contribution is -0.384. The Hall–Kier alpha value is -3.10. The van der Waals surface area contributed by atoms with Gasteiger partial charge in [0.05, 0.1) is 18.7 Å². The normalized spacial score (nSPS) is 14.7. The first kappa shape index (κ1) is 26.0. The van der Waals surface area contributed by atoms with Gasteiger partial charge in [0.25, 0.3) is 17.5 Å². The Kier molecular flexibility index (Phi) is 7.85. The number of hydrogen-bond donors (Lipinski definition) is 1. The molecule has 1 saturated heterocycles. The molecule has 4 amide bonds. The number of imide groups is 2. The Balaban J connectivity index is 1.57. The molecule has 1 aliphatic heterocycles. The fraction of sp³-hybridized carbons (Fsp3) is 0.0417. The van der Waals surface area contributed by atoms with Gasteiger partial charge in [0, 0.05) is 16.6 Å². The lowest BCUT2D eigenvalue weighted by Gasteiger charge is -2.26. The number of nitro benzene ring substituents is 1. The van der Waals surface area contributed by atoms with E-state index in [1.807, 2.05) is 0 Å². The molecule has 0 unspecified atom stereocenters. The van der Waals surface area contributed by atoms with Crippen molar-refractivity contribution in [2.24, 2.45) is 0 Å². The highest BCUT2D eigenvalue weighted by molar-refractivity contribution is 14.1. The number of benzene rings is 3. The van der Waals surface area contributed by atoms with Crippen LogP contribution < -0.4 is 15.0 Å². The monoisotopic (exact) mass is 725 g/mol. The van der Waals surface area contributed by atoms with Gasteiger partial charge in [-0.3, -0.25) is 25.0 Å². The zero-order chi connectivity index (χ0) is 26.0. The van der Waals surface area contributed by atoms with E-state index >= 15 is 0 Å². The number of nitrogens with zero attached hydrogens (tertiary/aromatic N) is 2. The number of amides is 4. The number of hydrogen-bond acceptors (Lipinski definition) is 6. The smallest absolute Gasteiger partial charge is 0.335 e. The Morgan fingerprint density at radius 2 is 1.69 bits per heavy atom. The topological polar surface area (TPSA) is 119 Å². The van der Waals surface area contributed by atoms with Gasteiger partial charge in [-0.1, -0.05) is 15.9 Å². The van der Waals surface area contributed by atoms with Gasteiger partial charge < -0.3 is 4.74 Å². The fourth-order valence-corrected chi connectivity index (χ4v) is 5.35. The number of rotatable bonds is 6. The van der Waals surface area contributed by atoms with Crippen LogP contribution in [0.4, 0.5) is 16.2 Å². The number of barbiturate groups is 1. The second kappa shape index (κ2) is 10.9. The van der Waals surface area contributed by atoms with E-state index in [4.69, 9.17) is 4.74 Å². The summed E-state index contributed by atoms with van der Waals surface area (Å²) in [6.07, 6.45) is 1.41. The third-order valence-corrected chi connectivity index (χ3v) is 6.97. The third-order valence-electron chi connectivity index (χ3n) is 5.05. The third kappa shape index (κ3) is 5.65. The fourth-order valence-electron chi connectivity index (χ4n) is 3.32. The van der Waals surface area contributed by atoms with Crippen LogP contribution in [0.5, 0.6) is 5.75 Å². The van der Waals surface area contributed by atoms with Gasteiger partial charge in [-0.2, -0.15) is 0 Å². The van der Waals surface area contributed by atoms with Crippen LogP contribution in [0, 0.1) is 13.7 Å². The van der Waals surface area contributed by atoms with E-state index in [0.29, 0.717) is 25.0 Å². The predicted octanol–water partition coefficient (Wildman–Crippen LogP) is 5.97. The van der Waals surface area contributed by atoms with Gasteiger partial charge in [-0.15, -0.1) is 0 Å². The highest BCUT2D eigenvalue weighted by Crippen LogP contribution is 2.34. The van der Waals surface area contributed by atoms with E-state index in [1.54, 1.807) is 48.5 Å². The van der Waals surface area contributed by atoms with E-state index < -0.39 is 22.8 Å². The van der Waals surface area contributed by atoms with Crippen molar-refractivity contribution in [3.63, 3.8) is 0 Å². The molecule has 0 aromatic heterocycles. The molecular formula is C24H14Br2IN3O6. The summed E-state index contributed by atoms with van der Waals surface area (Å²) in [6, 6.07) is 15.2. The Morgan fingerprint density at radius 3 is 2.31 bits per heavy atom. The van der Waals surface area contributed by atoms with Crippen molar-refractivity contribution >= 4 is 89.7 Å². The van der Waals surface area contributed by atoms with E-state index in [1.165, 1.54) is 18.2 Å². The lowest BCUT2D eigenvalue weighted by Crippen LogP contribution is -2.54. The zero-order valence-corrected chi connectivity index (χ0v) is 23.4. The highest BCUT2D eigenvalue weighted by atomic mass is 127. The molecule has 36 heavy (non-hydrogen) atoms. The van der Waals surface area contributed by atoms with Crippen LogP contribution in [0.25, 0.3) is 6.08 Å². The quantitative estimate of drug-likeness (QED) is 0.110. The molecule has 0 spiro atoms. The van der Waals surface area contributed by atoms with E-state index in [9.17, 15) is 24.5 Å². The minimum Gasteiger partial charge on any atom is -0.487 e. The average molecular weight is 727 g/mol. The molecule has 3 aromatic carbocycles. The molecular weight excluding hydrogens is 713 g/mol. The van der Waals surface area contributed by atoms with Crippen LogP contribution in [0.15, 0.2) is 75.2 Å². The lowest BCUT2D eigenvalue weighted by atomic mass is 10.1. The number of halogens is 3. The molecule has 3 aromatic rings. The number of nitrogens with one attached hydrogen (secondary N) is 1. The van der Waals surface area contributed by atoms with Gasteiger partial charge in [-0.05, 0) is 104 Å².